The Morgan fingerprint density at radius 2 is 2.23 bits per heavy atom. The second-order valence-electron chi connectivity index (χ2n) is 5.93. The van der Waals surface area contributed by atoms with Crippen molar-refractivity contribution in [3.05, 3.63) is 46.8 Å². The van der Waals surface area contributed by atoms with Crippen LogP contribution in [0, 0.1) is 6.92 Å². The van der Waals surface area contributed by atoms with Gasteiger partial charge in [0.2, 0.25) is 0 Å². The van der Waals surface area contributed by atoms with E-state index in [0.29, 0.717) is 6.04 Å². The first-order chi connectivity index (χ1) is 10.8. The van der Waals surface area contributed by atoms with Crippen LogP contribution in [0.4, 0.5) is 0 Å². The minimum Gasteiger partial charge on any atom is -0.361 e. The number of hydrogen-bond acceptors (Lipinski definition) is 5. The number of fused-ring (bicyclic) bond motifs is 1. The molecule has 5 heteroatoms. The van der Waals surface area contributed by atoms with E-state index >= 15 is 0 Å². The van der Waals surface area contributed by atoms with Crippen LogP contribution in [0.15, 0.2) is 34.9 Å². The third kappa shape index (κ3) is 2.66. The normalized spacial score (nSPS) is 19.8. The molecule has 1 aromatic carbocycles. The molecule has 1 atom stereocenters. The number of hydrogen-bond donors (Lipinski definition) is 0. The average molecular weight is 313 g/mol. The molecule has 3 aromatic rings. The number of para-hydroxylation sites is 1. The van der Waals surface area contributed by atoms with E-state index in [1.54, 1.807) is 0 Å². The van der Waals surface area contributed by atoms with Gasteiger partial charge in [-0.3, -0.25) is 4.90 Å². The summed E-state index contributed by atoms with van der Waals surface area (Å²) in [6, 6.07) is 10.8. The summed E-state index contributed by atoms with van der Waals surface area (Å²) in [5, 5.41) is 5.38. The standard InChI is InChI=1S/C17H19N3OS/c1-12-10-13(19-21-12)11-20-9-5-4-7-15(20)17-18-14-6-2-3-8-16(14)22-17/h2-3,6,8,10,15H,4-5,7,9,11H2,1H3/t15-/m0/s1. The molecule has 0 saturated carbocycles. The van der Waals surface area contributed by atoms with Crippen molar-refractivity contribution in [2.75, 3.05) is 6.54 Å². The van der Waals surface area contributed by atoms with E-state index in [0.717, 1.165) is 30.1 Å². The molecule has 0 N–H and O–H groups in total. The fraction of sp³-hybridized carbons (Fsp3) is 0.412. The van der Waals surface area contributed by atoms with Crippen molar-refractivity contribution in [1.82, 2.24) is 15.0 Å². The Hall–Kier alpha value is -1.72. The average Bonchev–Trinajstić information content (AvgIpc) is 3.14. The van der Waals surface area contributed by atoms with E-state index in [9.17, 15) is 0 Å². The van der Waals surface area contributed by atoms with Gasteiger partial charge in [0, 0.05) is 12.6 Å². The minimum atomic E-state index is 0.406. The third-order valence-corrected chi connectivity index (χ3v) is 5.39. The van der Waals surface area contributed by atoms with Crippen molar-refractivity contribution < 1.29 is 4.52 Å². The van der Waals surface area contributed by atoms with Crippen LogP contribution in [0.5, 0.6) is 0 Å². The van der Waals surface area contributed by atoms with Crippen molar-refractivity contribution in [1.29, 1.82) is 0 Å². The van der Waals surface area contributed by atoms with Gasteiger partial charge in [-0.2, -0.15) is 0 Å². The topological polar surface area (TPSA) is 42.2 Å². The first-order valence-electron chi connectivity index (χ1n) is 7.81. The molecule has 2 aromatic heterocycles. The summed E-state index contributed by atoms with van der Waals surface area (Å²) in [5.41, 5.74) is 2.14. The van der Waals surface area contributed by atoms with E-state index < -0.39 is 0 Å². The molecule has 0 spiro atoms. The number of aromatic nitrogens is 2. The smallest absolute Gasteiger partial charge is 0.133 e. The first kappa shape index (κ1) is 13.9. The molecule has 1 fully saturated rings. The summed E-state index contributed by atoms with van der Waals surface area (Å²) in [5.74, 6) is 0.878. The van der Waals surface area contributed by atoms with Gasteiger partial charge in [-0.05, 0) is 38.4 Å². The molecule has 4 nitrogen and oxygen atoms in total. The van der Waals surface area contributed by atoms with Crippen LogP contribution in [-0.4, -0.2) is 21.6 Å². The van der Waals surface area contributed by atoms with Gasteiger partial charge in [0.1, 0.15) is 10.8 Å². The molecule has 22 heavy (non-hydrogen) atoms. The summed E-state index contributed by atoms with van der Waals surface area (Å²) < 4.78 is 6.48. The number of likely N-dealkylation sites (tertiary alicyclic amines) is 1. The molecule has 1 aliphatic heterocycles. The molecular formula is C17H19N3OS. The van der Waals surface area contributed by atoms with Crippen LogP contribution in [0.25, 0.3) is 10.2 Å². The van der Waals surface area contributed by atoms with Crippen LogP contribution in [-0.2, 0) is 6.54 Å². The molecular weight excluding hydrogens is 294 g/mol. The molecule has 114 valence electrons. The van der Waals surface area contributed by atoms with Crippen LogP contribution >= 0.6 is 11.3 Å². The number of nitrogens with zero attached hydrogens (tertiary/aromatic N) is 3. The Morgan fingerprint density at radius 1 is 1.32 bits per heavy atom. The Kier molecular flexibility index (Phi) is 3.68. The van der Waals surface area contributed by atoms with Crippen LogP contribution in [0.2, 0.25) is 0 Å². The Labute approximate surface area is 133 Å². The number of aryl methyl sites for hydroxylation is 1. The number of rotatable bonds is 3. The molecule has 0 unspecified atom stereocenters. The molecule has 1 saturated heterocycles. The summed E-state index contributed by atoms with van der Waals surface area (Å²) >= 11 is 1.83. The fourth-order valence-electron chi connectivity index (χ4n) is 3.19. The minimum absolute atomic E-state index is 0.406. The maximum absolute atomic E-state index is 5.21. The second-order valence-corrected chi connectivity index (χ2v) is 6.99. The highest BCUT2D eigenvalue weighted by Gasteiger charge is 2.27. The van der Waals surface area contributed by atoms with Crippen LogP contribution in [0.1, 0.15) is 41.8 Å². The lowest BCUT2D eigenvalue weighted by Gasteiger charge is -2.33. The monoisotopic (exact) mass is 313 g/mol. The van der Waals surface area contributed by atoms with E-state index in [2.05, 4.69) is 34.3 Å². The Bertz CT molecular complexity index is 746. The van der Waals surface area contributed by atoms with Gasteiger partial charge >= 0.3 is 0 Å². The van der Waals surface area contributed by atoms with Crippen molar-refractivity contribution >= 4 is 21.6 Å². The zero-order valence-electron chi connectivity index (χ0n) is 12.7. The number of benzene rings is 1. The quantitative estimate of drug-likeness (QED) is 0.722. The highest BCUT2D eigenvalue weighted by molar-refractivity contribution is 7.18. The Morgan fingerprint density at radius 3 is 3.05 bits per heavy atom. The third-order valence-electron chi connectivity index (χ3n) is 4.25. The summed E-state index contributed by atoms with van der Waals surface area (Å²) in [6.45, 7) is 3.89. The van der Waals surface area contributed by atoms with Gasteiger partial charge < -0.3 is 4.52 Å². The Balaban J connectivity index is 1.62. The lowest BCUT2D eigenvalue weighted by molar-refractivity contribution is 0.137. The second kappa shape index (κ2) is 5.82. The van der Waals surface area contributed by atoms with E-state index in [-0.39, 0.29) is 0 Å². The predicted molar refractivity (Wildman–Crippen MR) is 87.9 cm³/mol. The van der Waals surface area contributed by atoms with Gasteiger partial charge in [0.15, 0.2) is 0 Å². The molecule has 0 radical (unpaired) electrons. The van der Waals surface area contributed by atoms with Gasteiger partial charge in [-0.25, -0.2) is 4.98 Å². The van der Waals surface area contributed by atoms with Crippen molar-refractivity contribution in [2.45, 2.75) is 38.8 Å². The zero-order chi connectivity index (χ0) is 14.9. The van der Waals surface area contributed by atoms with Crippen molar-refractivity contribution in [2.24, 2.45) is 0 Å². The van der Waals surface area contributed by atoms with Crippen LogP contribution < -0.4 is 0 Å². The molecule has 0 amide bonds. The van der Waals surface area contributed by atoms with Gasteiger partial charge in [0.25, 0.3) is 0 Å². The summed E-state index contributed by atoms with van der Waals surface area (Å²) in [7, 11) is 0. The highest BCUT2D eigenvalue weighted by atomic mass is 32.1. The SMILES string of the molecule is Cc1cc(CN2CCCC[C@H]2c2nc3ccccc3s2)no1. The molecule has 4 rings (SSSR count). The number of thiazole rings is 1. The van der Waals surface area contributed by atoms with Gasteiger partial charge in [-0.1, -0.05) is 23.7 Å². The fourth-order valence-corrected chi connectivity index (χ4v) is 4.33. The highest BCUT2D eigenvalue weighted by Crippen LogP contribution is 2.36. The molecule has 3 heterocycles. The summed E-state index contributed by atoms with van der Waals surface area (Å²) in [6.07, 6.45) is 3.70. The maximum atomic E-state index is 5.21. The number of piperidine rings is 1. The van der Waals surface area contributed by atoms with Gasteiger partial charge in [-0.15, -0.1) is 11.3 Å². The lowest BCUT2D eigenvalue weighted by Crippen LogP contribution is -2.32. The van der Waals surface area contributed by atoms with Crippen molar-refractivity contribution in [3.63, 3.8) is 0 Å². The largest absolute Gasteiger partial charge is 0.361 e. The van der Waals surface area contributed by atoms with Crippen molar-refractivity contribution in [3.8, 4) is 0 Å². The molecule has 0 bridgehead atoms. The lowest BCUT2D eigenvalue weighted by atomic mass is 10.0. The van der Waals surface area contributed by atoms with Gasteiger partial charge in [0.05, 0.1) is 22.0 Å². The van der Waals surface area contributed by atoms with E-state index in [4.69, 9.17) is 9.51 Å². The predicted octanol–water partition coefficient (Wildman–Crippen LogP) is 4.32. The first-order valence-corrected chi connectivity index (χ1v) is 8.63. The molecule has 1 aliphatic rings. The zero-order valence-corrected chi connectivity index (χ0v) is 13.5. The summed E-state index contributed by atoms with van der Waals surface area (Å²) in [4.78, 5) is 7.36. The maximum Gasteiger partial charge on any atom is 0.133 e. The van der Waals surface area contributed by atoms with E-state index in [1.807, 2.05) is 24.3 Å². The molecule has 0 aliphatic carbocycles. The van der Waals surface area contributed by atoms with Crippen LogP contribution in [0.3, 0.4) is 0 Å². The van der Waals surface area contributed by atoms with E-state index in [1.165, 1.54) is 29.0 Å².